The minimum absolute atomic E-state index is 0.188. The predicted octanol–water partition coefficient (Wildman–Crippen LogP) is 2.53. The third-order valence-electron chi connectivity index (χ3n) is 4.40. The molecule has 3 atom stereocenters. The van der Waals surface area contributed by atoms with Crippen molar-refractivity contribution in [1.82, 2.24) is 0 Å². The fraction of sp³-hybridized carbons (Fsp3) is 0.600. The molecule has 1 aromatic rings. The molecule has 1 unspecified atom stereocenters. The number of hydrogen-bond acceptors (Lipinski definition) is 3. The van der Waals surface area contributed by atoms with E-state index in [0.717, 1.165) is 32.3 Å². The summed E-state index contributed by atoms with van der Waals surface area (Å²) < 4.78 is 5.89. The lowest BCUT2D eigenvalue weighted by molar-refractivity contribution is -0.0666. The monoisotopic (exact) mass is 246 g/mol. The highest BCUT2D eigenvalue weighted by molar-refractivity contribution is 5.44. The number of nitrogens with two attached hydrogens (primary N) is 1. The lowest BCUT2D eigenvalue weighted by Crippen LogP contribution is -2.66. The smallest absolute Gasteiger partial charge is 0.0774 e. The highest BCUT2D eigenvalue weighted by Crippen LogP contribution is 2.37. The first-order valence-corrected chi connectivity index (χ1v) is 7.01. The number of para-hydroxylation sites is 1. The molecule has 0 spiro atoms. The molecule has 18 heavy (non-hydrogen) atoms. The van der Waals surface area contributed by atoms with E-state index in [1.54, 1.807) is 0 Å². The van der Waals surface area contributed by atoms with Gasteiger partial charge in [0, 0.05) is 18.3 Å². The van der Waals surface area contributed by atoms with Crippen LogP contribution < -0.4 is 11.1 Å². The van der Waals surface area contributed by atoms with Crippen molar-refractivity contribution in [2.24, 2.45) is 5.73 Å². The van der Waals surface area contributed by atoms with Crippen LogP contribution in [0, 0.1) is 0 Å². The van der Waals surface area contributed by atoms with Crippen LogP contribution >= 0.6 is 0 Å². The van der Waals surface area contributed by atoms with Crippen LogP contribution in [0.15, 0.2) is 30.3 Å². The van der Waals surface area contributed by atoms with Gasteiger partial charge in [-0.05, 0) is 44.2 Å². The van der Waals surface area contributed by atoms with Crippen molar-refractivity contribution in [3.05, 3.63) is 30.3 Å². The van der Waals surface area contributed by atoms with E-state index in [1.165, 1.54) is 12.1 Å². The summed E-state index contributed by atoms with van der Waals surface area (Å²) >= 11 is 0. The SMILES string of the molecule is N[C@]12CCCO[C@H]1CCCC2Nc1ccccc1. The fourth-order valence-electron chi connectivity index (χ4n) is 3.39. The van der Waals surface area contributed by atoms with Gasteiger partial charge in [-0.3, -0.25) is 0 Å². The Labute approximate surface area is 109 Å². The van der Waals surface area contributed by atoms with Crippen molar-refractivity contribution in [1.29, 1.82) is 0 Å². The first-order chi connectivity index (χ1) is 8.79. The molecule has 0 bridgehead atoms. The molecule has 0 aromatic heterocycles. The maximum absolute atomic E-state index is 6.67. The van der Waals surface area contributed by atoms with E-state index in [9.17, 15) is 0 Å². The summed E-state index contributed by atoms with van der Waals surface area (Å²) in [6.45, 7) is 0.877. The van der Waals surface area contributed by atoms with Crippen molar-refractivity contribution < 1.29 is 4.74 Å². The number of hydrogen-bond donors (Lipinski definition) is 2. The van der Waals surface area contributed by atoms with Crippen molar-refractivity contribution in [3.8, 4) is 0 Å². The average Bonchev–Trinajstić information content (AvgIpc) is 2.41. The Morgan fingerprint density at radius 1 is 1.17 bits per heavy atom. The molecule has 1 saturated heterocycles. The molecular formula is C15H22N2O. The third kappa shape index (κ3) is 2.13. The maximum Gasteiger partial charge on any atom is 0.0774 e. The summed E-state index contributed by atoms with van der Waals surface area (Å²) in [6.07, 6.45) is 5.85. The van der Waals surface area contributed by atoms with Crippen LogP contribution in [0.2, 0.25) is 0 Å². The molecule has 2 fully saturated rings. The second-order valence-electron chi connectivity index (χ2n) is 5.57. The van der Waals surface area contributed by atoms with E-state index >= 15 is 0 Å². The van der Waals surface area contributed by atoms with Crippen LogP contribution in [0.1, 0.15) is 32.1 Å². The zero-order valence-corrected chi connectivity index (χ0v) is 10.8. The van der Waals surface area contributed by atoms with E-state index in [1.807, 2.05) is 6.07 Å². The summed E-state index contributed by atoms with van der Waals surface area (Å²) in [5, 5.41) is 3.62. The van der Waals surface area contributed by atoms with E-state index in [0.29, 0.717) is 6.04 Å². The van der Waals surface area contributed by atoms with Gasteiger partial charge in [0.2, 0.25) is 0 Å². The molecule has 3 N–H and O–H groups in total. The molecule has 0 radical (unpaired) electrons. The Morgan fingerprint density at radius 3 is 2.83 bits per heavy atom. The van der Waals surface area contributed by atoms with Crippen LogP contribution in [0.5, 0.6) is 0 Å². The van der Waals surface area contributed by atoms with Crippen LogP contribution in [0.25, 0.3) is 0 Å². The van der Waals surface area contributed by atoms with E-state index in [4.69, 9.17) is 10.5 Å². The van der Waals surface area contributed by atoms with Crippen molar-refractivity contribution in [2.45, 2.75) is 49.8 Å². The van der Waals surface area contributed by atoms with E-state index < -0.39 is 0 Å². The zero-order valence-electron chi connectivity index (χ0n) is 10.8. The van der Waals surface area contributed by atoms with Crippen LogP contribution in [0.4, 0.5) is 5.69 Å². The molecule has 2 aliphatic rings. The quantitative estimate of drug-likeness (QED) is 0.843. The number of anilines is 1. The summed E-state index contributed by atoms with van der Waals surface area (Å²) in [5.74, 6) is 0. The minimum atomic E-state index is -0.188. The first kappa shape index (κ1) is 12.0. The van der Waals surface area contributed by atoms with Gasteiger partial charge >= 0.3 is 0 Å². The fourth-order valence-corrected chi connectivity index (χ4v) is 3.39. The summed E-state index contributed by atoms with van der Waals surface area (Å²) in [7, 11) is 0. The van der Waals surface area contributed by atoms with Gasteiger partial charge in [0.05, 0.1) is 11.6 Å². The van der Waals surface area contributed by atoms with E-state index in [-0.39, 0.29) is 11.6 Å². The van der Waals surface area contributed by atoms with Gasteiger partial charge in [0.15, 0.2) is 0 Å². The van der Waals surface area contributed by atoms with Crippen LogP contribution in [-0.4, -0.2) is 24.3 Å². The Morgan fingerprint density at radius 2 is 2.00 bits per heavy atom. The molecule has 1 aliphatic heterocycles. The largest absolute Gasteiger partial charge is 0.380 e. The molecule has 3 heteroatoms. The van der Waals surface area contributed by atoms with Gasteiger partial charge in [-0.25, -0.2) is 0 Å². The number of nitrogens with one attached hydrogen (secondary N) is 1. The van der Waals surface area contributed by atoms with Gasteiger partial charge in [0.25, 0.3) is 0 Å². The molecule has 1 aromatic carbocycles. The molecule has 3 nitrogen and oxygen atoms in total. The third-order valence-corrected chi connectivity index (χ3v) is 4.40. The maximum atomic E-state index is 6.67. The van der Waals surface area contributed by atoms with Crippen LogP contribution in [0.3, 0.4) is 0 Å². The summed E-state index contributed by atoms with van der Waals surface area (Å²) in [5.41, 5.74) is 7.65. The van der Waals surface area contributed by atoms with Gasteiger partial charge in [-0.15, -0.1) is 0 Å². The van der Waals surface area contributed by atoms with Crippen molar-refractivity contribution in [2.75, 3.05) is 11.9 Å². The molecule has 1 saturated carbocycles. The Hall–Kier alpha value is -1.06. The second kappa shape index (κ2) is 4.90. The highest BCUT2D eigenvalue weighted by atomic mass is 16.5. The van der Waals surface area contributed by atoms with Gasteiger partial charge < -0.3 is 15.8 Å². The van der Waals surface area contributed by atoms with Crippen molar-refractivity contribution >= 4 is 5.69 Å². The summed E-state index contributed by atoms with van der Waals surface area (Å²) in [4.78, 5) is 0. The lowest BCUT2D eigenvalue weighted by Gasteiger charge is -2.49. The number of rotatable bonds is 2. The van der Waals surface area contributed by atoms with Gasteiger partial charge in [0.1, 0.15) is 0 Å². The normalized spacial score (nSPS) is 35.8. The summed E-state index contributed by atoms with van der Waals surface area (Å²) in [6, 6.07) is 10.7. The average molecular weight is 246 g/mol. The topological polar surface area (TPSA) is 47.3 Å². The molecule has 98 valence electrons. The van der Waals surface area contributed by atoms with Crippen LogP contribution in [-0.2, 0) is 4.74 Å². The zero-order chi connectivity index (χ0) is 12.4. The molecule has 1 heterocycles. The number of fused-ring (bicyclic) bond motifs is 1. The van der Waals surface area contributed by atoms with Crippen molar-refractivity contribution in [3.63, 3.8) is 0 Å². The molecule has 3 rings (SSSR count). The number of benzene rings is 1. The minimum Gasteiger partial charge on any atom is -0.380 e. The van der Waals surface area contributed by atoms with Gasteiger partial charge in [-0.2, -0.15) is 0 Å². The molecular weight excluding hydrogens is 224 g/mol. The molecule has 1 aliphatic carbocycles. The standard InChI is InChI=1S/C15H22N2O/c16-15-10-5-11-18-14(15)9-4-8-13(15)17-12-6-2-1-3-7-12/h1-3,6-7,13-14,17H,4-5,8-11,16H2/t13?,14-,15-/m0/s1. The lowest BCUT2D eigenvalue weighted by atomic mass is 9.72. The number of ether oxygens (including phenoxy) is 1. The Bertz CT molecular complexity index is 393. The molecule has 0 amide bonds. The first-order valence-electron chi connectivity index (χ1n) is 7.01. The predicted molar refractivity (Wildman–Crippen MR) is 73.6 cm³/mol. The Balaban J connectivity index is 1.78. The Kier molecular flexibility index (Phi) is 3.27. The second-order valence-corrected chi connectivity index (χ2v) is 5.57. The van der Waals surface area contributed by atoms with E-state index in [2.05, 4.69) is 29.6 Å². The highest BCUT2D eigenvalue weighted by Gasteiger charge is 2.46. The van der Waals surface area contributed by atoms with Gasteiger partial charge in [-0.1, -0.05) is 18.2 Å².